The van der Waals surface area contributed by atoms with E-state index < -0.39 is 0 Å². The maximum absolute atomic E-state index is 11.8. The molecule has 1 aromatic rings. The molecule has 3 N–H and O–H groups in total. The minimum atomic E-state index is -0.0277. The molecular formula is C13H17BrN2OS. The van der Waals surface area contributed by atoms with E-state index in [0.29, 0.717) is 11.4 Å². The molecule has 0 radical (unpaired) electrons. The van der Waals surface area contributed by atoms with E-state index in [0.717, 1.165) is 15.7 Å². The molecule has 0 aliphatic carbocycles. The van der Waals surface area contributed by atoms with Crippen LogP contribution in [0.4, 0.5) is 5.69 Å². The summed E-state index contributed by atoms with van der Waals surface area (Å²) in [6.07, 6.45) is 0.474. The zero-order chi connectivity index (χ0) is 13.9. The highest BCUT2D eigenvalue weighted by molar-refractivity contribution is 9.10. The fourth-order valence-electron chi connectivity index (χ4n) is 1.48. The van der Waals surface area contributed by atoms with Crippen molar-refractivity contribution < 1.29 is 4.79 Å². The summed E-state index contributed by atoms with van der Waals surface area (Å²) in [5.74, 6) is -0.00234. The van der Waals surface area contributed by atoms with Gasteiger partial charge in [0.1, 0.15) is 4.99 Å². The lowest BCUT2D eigenvalue weighted by Crippen LogP contribution is -2.19. The largest absolute Gasteiger partial charge is 0.389 e. The van der Waals surface area contributed by atoms with Gasteiger partial charge in [-0.2, -0.15) is 0 Å². The standard InChI is InChI=1S/C13H17BrN2OS/c1-13(2,3)7-11(17)16-8-4-5-9(12(15)18)10(14)6-8/h4-6H,7H2,1-3H3,(H2,15,18)(H,16,17). The summed E-state index contributed by atoms with van der Waals surface area (Å²) in [5.41, 5.74) is 7.03. The topological polar surface area (TPSA) is 55.1 Å². The second-order valence-electron chi connectivity index (χ2n) is 5.34. The van der Waals surface area contributed by atoms with Gasteiger partial charge in [-0.05, 0) is 39.5 Å². The first-order valence-corrected chi connectivity index (χ1v) is 6.78. The summed E-state index contributed by atoms with van der Waals surface area (Å²) in [6, 6.07) is 5.38. The minimum absolute atomic E-state index is 0.00234. The Morgan fingerprint density at radius 1 is 1.44 bits per heavy atom. The van der Waals surface area contributed by atoms with Crippen molar-refractivity contribution in [1.29, 1.82) is 0 Å². The maximum atomic E-state index is 11.8. The van der Waals surface area contributed by atoms with Gasteiger partial charge in [-0.1, -0.05) is 33.0 Å². The molecule has 98 valence electrons. The van der Waals surface area contributed by atoms with Crippen LogP contribution in [0.25, 0.3) is 0 Å². The van der Waals surface area contributed by atoms with Gasteiger partial charge in [0.25, 0.3) is 0 Å². The van der Waals surface area contributed by atoms with E-state index in [2.05, 4.69) is 21.2 Å². The average Bonchev–Trinajstić information content (AvgIpc) is 2.13. The Bertz CT molecular complexity index is 480. The Hall–Kier alpha value is -0.940. The van der Waals surface area contributed by atoms with Crippen molar-refractivity contribution in [2.45, 2.75) is 27.2 Å². The summed E-state index contributed by atoms with van der Waals surface area (Å²) in [5, 5.41) is 2.85. The fraction of sp³-hybridized carbons (Fsp3) is 0.385. The van der Waals surface area contributed by atoms with Gasteiger partial charge in [0, 0.05) is 22.1 Å². The van der Waals surface area contributed by atoms with Crippen molar-refractivity contribution in [2.75, 3.05) is 5.32 Å². The lowest BCUT2D eigenvalue weighted by molar-refractivity contribution is -0.117. The van der Waals surface area contributed by atoms with E-state index in [1.807, 2.05) is 20.8 Å². The number of carbonyl (C=O) groups is 1. The number of nitrogens with two attached hydrogens (primary N) is 1. The zero-order valence-electron chi connectivity index (χ0n) is 10.7. The van der Waals surface area contributed by atoms with Crippen LogP contribution in [0.5, 0.6) is 0 Å². The molecular weight excluding hydrogens is 312 g/mol. The smallest absolute Gasteiger partial charge is 0.224 e. The van der Waals surface area contributed by atoms with Crippen LogP contribution in [0.1, 0.15) is 32.8 Å². The number of hydrogen-bond donors (Lipinski definition) is 2. The zero-order valence-corrected chi connectivity index (χ0v) is 13.1. The van der Waals surface area contributed by atoms with Crippen LogP contribution in [0.15, 0.2) is 22.7 Å². The number of carbonyl (C=O) groups excluding carboxylic acids is 1. The molecule has 3 nitrogen and oxygen atoms in total. The monoisotopic (exact) mass is 328 g/mol. The number of benzene rings is 1. The van der Waals surface area contributed by atoms with E-state index in [1.165, 1.54) is 0 Å². The van der Waals surface area contributed by atoms with Crippen LogP contribution < -0.4 is 11.1 Å². The van der Waals surface area contributed by atoms with Crippen LogP contribution >= 0.6 is 28.1 Å². The van der Waals surface area contributed by atoms with Gasteiger partial charge in [-0.3, -0.25) is 4.79 Å². The second kappa shape index (κ2) is 5.80. The predicted molar refractivity (Wildman–Crippen MR) is 82.7 cm³/mol. The van der Waals surface area contributed by atoms with E-state index >= 15 is 0 Å². The highest BCUT2D eigenvalue weighted by Crippen LogP contribution is 2.23. The molecule has 1 aromatic carbocycles. The van der Waals surface area contributed by atoms with Crippen molar-refractivity contribution in [1.82, 2.24) is 0 Å². The first kappa shape index (κ1) is 15.1. The Morgan fingerprint density at radius 2 is 2.06 bits per heavy atom. The van der Waals surface area contributed by atoms with Gasteiger partial charge in [-0.25, -0.2) is 0 Å². The first-order chi connectivity index (χ1) is 8.19. The fourth-order valence-corrected chi connectivity index (χ4v) is 2.38. The summed E-state index contributed by atoms with van der Waals surface area (Å²) in [6.45, 7) is 6.08. The Balaban J connectivity index is 2.78. The molecule has 18 heavy (non-hydrogen) atoms. The molecule has 0 saturated carbocycles. The molecule has 0 aliphatic rings. The maximum Gasteiger partial charge on any atom is 0.224 e. The molecule has 0 heterocycles. The van der Waals surface area contributed by atoms with E-state index in [-0.39, 0.29) is 11.3 Å². The highest BCUT2D eigenvalue weighted by Gasteiger charge is 2.16. The van der Waals surface area contributed by atoms with E-state index in [1.54, 1.807) is 18.2 Å². The predicted octanol–water partition coefficient (Wildman–Crippen LogP) is 3.46. The molecule has 0 bridgehead atoms. The lowest BCUT2D eigenvalue weighted by atomic mass is 9.92. The van der Waals surface area contributed by atoms with Crippen LogP contribution in [-0.4, -0.2) is 10.9 Å². The van der Waals surface area contributed by atoms with Crippen LogP contribution in [0.2, 0.25) is 0 Å². The lowest BCUT2D eigenvalue weighted by Gasteiger charge is -2.17. The third-order valence-electron chi connectivity index (χ3n) is 2.21. The van der Waals surface area contributed by atoms with Gasteiger partial charge >= 0.3 is 0 Å². The molecule has 1 rings (SSSR count). The van der Waals surface area contributed by atoms with Crippen LogP contribution in [0, 0.1) is 5.41 Å². The van der Waals surface area contributed by atoms with Crippen LogP contribution in [-0.2, 0) is 4.79 Å². The van der Waals surface area contributed by atoms with Gasteiger partial charge in [0.05, 0.1) is 0 Å². The number of thiocarbonyl (C=S) groups is 1. The number of amides is 1. The summed E-state index contributed by atoms with van der Waals surface area (Å²) < 4.78 is 0.781. The molecule has 0 aliphatic heterocycles. The minimum Gasteiger partial charge on any atom is -0.389 e. The number of rotatable bonds is 3. The molecule has 0 aromatic heterocycles. The van der Waals surface area contributed by atoms with Gasteiger partial charge in [0.15, 0.2) is 0 Å². The van der Waals surface area contributed by atoms with Gasteiger partial charge in [0.2, 0.25) is 5.91 Å². The molecule has 0 atom stereocenters. The third-order valence-corrected chi connectivity index (χ3v) is 3.09. The Kier molecular flexibility index (Phi) is 4.87. The molecule has 0 unspecified atom stereocenters. The highest BCUT2D eigenvalue weighted by atomic mass is 79.9. The van der Waals surface area contributed by atoms with E-state index in [9.17, 15) is 4.79 Å². The molecule has 0 spiro atoms. The van der Waals surface area contributed by atoms with Gasteiger partial charge in [-0.15, -0.1) is 0 Å². The molecule has 5 heteroatoms. The Labute approximate surface area is 121 Å². The molecule has 0 saturated heterocycles. The third kappa shape index (κ3) is 4.74. The molecule has 1 amide bonds. The second-order valence-corrected chi connectivity index (χ2v) is 6.64. The van der Waals surface area contributed by atoms with Crippen molar-refractivity contribution in [3.63, 3.8) is 0 Å². The quantitative estimate of drug-likeness (QED) is 0.835. The number of hydrogen-bond acceptors (Lipinski definition) is 2. The average molecular weight is 329 g/mol. The summed E-state index contributed by atoms with van der Waals surface area (Å²) in [7, 11) is 0. The van der Waals surface area contributed by atoms with Crippen molar-refractivity contribution in [3.05, 3.63) is 28.2 Å². The molecule has 0 fully saturated rings. The van der Waals surface area contributed by atoms with Crippen molar-refractivity contribution >= 4 is 44.7 Å². The van der Waals surface area contributed by atoms with E-state index in [4.69, 9.17) is 18.0 Å². The first-order valence-electron chi connectivity index (χ1n) is 5.58. The summed E-state index contributed by atoms with van der Waals surface area (Å²) >= 11 is 8.29. The van der Waals surface area contributed by atoms with Crippen molar-refractivity contribution in [3.8, 4) is 0 Å². The van der Waals surface area contributed by atoms with Crippen LogP contribution in [0.3, 0.4) is 0 Å². The van der Waals surface area contributed by atoms with Gasteiger partial charge < -0.3 is 11.1 Å². The van der Waals surface area contributed by atoms with Crippen molar-refractivity contribution in [2.24, 2.45) is 11.1 Å². The SMILES string of the molecule is CC(C)(C)CC(=O)Nc1ccc(C(N)=S)c(Br)c1. The number of halogens is 1. The number of anilines is 1. The summed E-state index contributed by atoms with van der Waals surface area (Å²) in [4.78, 5) is 12.1. The number of nitrogens with one attached hydrogen (secondary N) is 1. The normalized spacial score (nSPS) is 11.1. The Morgan fingerprint density at radius 3 is 2.50 bits per heavy atom.